The minimum Gasteiger partial charge on any atom is -0.387 e. The lowest BCUT2D eigenvalue weighted by molar-refractivity contribution is 0.622. The predicted molar refractivity (Wildman–Crippen MR) is 77.8 cm³/mol. The van der Waals surface area contributed by atoms with Gasteiger partial charge in [-0.3, -0.25) is 4.98 Å². The minimum absolute atomic E-state index is 0.248. The molecule has 1 N–H and O–H groups in total. The molecule has 0 aliphatic carbocycles. The third kappa shape index (κ3) is 1.88. The first kappa shape index (κ1) is 13.3. The molecule has 2 rings (SSSR count). The highest BCUT2D eigenvalue weighted by molar-refractivity contribution is 9.10. The standard InChI is InChI=1S/C14H16BrFN2/c1-5-10-8(3)14(17-4)11-12(15)9(16)6-7(2)13(11)18-10/h6H,5H2,1-4H3,(H,17,18). The van der Waals surface area contributed by atoms with Gasteiger partial charge < -0.3 is 5.32 Å². The Morgan fingerprint density at radius 1 is 1.39 bits per heavy atom. The first-order valence-corrected chi connectivity index (χ1v) is 6.76. The van der Waals surface area contributed by atoms with Gasteiger partial charge in [-0.15, -0.1) is 0 Å². The quantitative estimate of drug-likeness (QED) is 0.891. The monoisotopic (exact) mass is 310 g/mol. The van der Waals surface area contributed by atoms with Gasteiger partial charge in [-0.1, -0.05) is 6.92 Å². The van der Waals surface area contributed by atoms with E-state index in [9.17, 15) is 4.39 Å². The molecule has 0 saturated carbocycles. The smallest absolute Gasteiger partial charge is 0.138 e. The Hall–Kier alpha value is -1.16. The van der Waals surface area contributed by atoms with Crippen molar-refractivity contribution in [3.8, 4) is 0 Å². The molecule has 0 aliphatic heterocycles. The van der Waals surface area contributed by atoms with E-state index >= 15 is 0 Å². The van der Waals surface area contributed by atoms with Gasteiger partial charge in [0.1, 0.15) is 5.82 Å². The fourth-order valence-corrected chi connectivity index (χ4v) is 2.82. The van der Waals surface area contributed by atoms with Gasteiger partial charge in [0.05, 0.1) is 9.99 Å². The molecule has 1 aromatic heterocycles. The zero-order valence-corrected chi connectivity index (χ0v) is 12.6. The number of pyridine rings is 1. The van der Waals surface area contributed by atoms with Crippen LogP contribution in [0, 0.1) is 19.7 Å². The zero-order chi connectivity index (χ0) is 13.4. The highest BCUT2D eigenvalue weighted by Crippen LogP contribution is 2.36. The Morgan fingerprint density at radius 3 is 2.61 bits per heavy atom. The van der Waals surface area contributed by atoms with E-state index in [4.69, 9.17) is 0 Å². The normalized spacial score (nSPS) is 11.0. The van der Waals surface area contributed by atoms with Crippen molar-refractivity contribution >= 4 is 32.5 Å². The van der Waals surface area contributed by atoms with Gasteiger partial charge >= 0.3 is 0 Å². The van der Waals surface area contributed by atoms with Gasteiger partial charge in [-0.25, -0.2) is 4.39 Å². The second-order valence-corrected chi connectivity index (χ2v) is 5.17. The maximum atomic E-state index is 13.8. The van der Waals surface area contributed by atoms with Crippen molar-refractivity contribution in [1.29, 1.82) is 0 Å². The number of hydrogen-bond donors (Lipinski definition) is 1. The number of halogens is 2. The van der Waals surface area contributed by atoms with E-state index in [0.717, 1.165) is 39.8 Å². The van der Waals surface area contributed by atoms with Crippen LogP contribution in [-0.4, -0.2) is 12.0 Å². The third-order valence-electron chi connectivity index (χ3n) is 3.27. The van der Waals surface area contributed by atoms with Crippen LogP contribution in [0.5, 0.6) is 0 Å². The van der Waals surface area contributed by atoms with E-state index in [0.29, 0.717) is 4.47 Å². The van der Waals surface area contributed by atoms with Crippen LogP contribution >= 0.6 is 15.9 Å². The summed E-state index contributed by atoms with van der Waals surface area (Å²) in [5.41, 5.74) is 4.80. The summed E-state index contributed by atoms with van der Waals surface area (Å²) in [6.45, 7) is 5.98. The average molecular weight is 311 g/mol. The van der Waals surface area contributed by atoms with Gasteiger partial charge in [-0.2, -0.15) is 0 Å². The van der Waals surface area contributed by atoms with Crippen molar-refractivity contribution in [1.82, 2.24) is 4.98 Å². The predicted octanol–water partition coefficient (Wildman–Crippen LogP) is 4.36. The molecule has 18 heavy (non-hydrogen) atoms. The van der Waals surface area contributed by atoms with Crippen LogP contribution in [0.4, 0.5) is 10.1 Å². The Labute approximate surface area is 115 Å². The summed E-state index contributed by atoms with van der Waals surface area (Å²) < 4.78 is 14.3. The Balaban J connectivity index is 3.02. The molecular weight excluding hydrogens is 295 g/mol. The lowest BCUT2D eigenvalue weighted by Crippen LogP contribution is -2.03. The fourth-order valence-electron chi connectivity index (χ4n) is 2.32. The largest absolute Gasteiger partial charge is 0.387 e. The minimum atomic E-state index is -0.248. The molecule has 0 bridgehead atoms. The number of anilines is 1. The van der Waals surface area contributed by atoms with E-state index < -0.39 is 0 Å². The van der Waals surface area contributed by atoms with E-state index in [1.807, 2.05) is 20.9 Å². The van der Waals surface area contributed by atoms with Crippen molar-refractivity contribution < 1.29 is 4.39 Å². The van der Waals surface area contributed by atoms with Gasteiger partial charge in [0, 0.05) is 23.8 Å². The highest BCUT2D eigenvalue weighted by Gasteiger charge is 2.16. The van der Waals surface area contributed by atoms with Crippen molar-refractivity contribution in [3.63, 3.8) is 0 Å². The summed E-state index contributed by atoms with van der Waals surface area (Å²) in [6.07, 6.45) is 0.866. The molecule has 2 aromatic rings. The maximum absolute atomic E-state index is 13.8. The van der Waals surface area contributed by atoms with Crippen LogP contribution < -0.4 is 5.32 Å². The van der Waals surface area contributed by atoms with Crippen molar-refractivity contribution in [3.05, 3.63) is 33.2 Å². The number of fused-ring (bicyclic) bond motifs is 1. The molecule has 0 unspecified atom stereocenters. The third-order valence-corrected chi connectivity index (χ3v) is 4.05. The number of nitrogens with one attached hydrogen (secondary N) is 1. The second-order valence-electron chi connectivity index (χ2n) is 4.37. The van der Waals surface area contributed by atoms with Crippen molar-refractivity contribution in [2.45, 2.75) is 27.2 Å². The highest BCUT2D eigenvalue weighted by atomic mass is 79.9. The summed E-state index contributed by atoms with van der Waals surface area (Å²) in [5.74, 6) is -0.248. The Bertz CT molecular complexity index is 623. The van der Waals surface area contributed by atoms with Gasteiger partial charge in [-0.05, 0) is 53.4 Å². The van der Waals surface area contributed by atoms with Crippen molar-refractivity contribution in [2.75, 3.05) is 12.4 Å². The molecule has 0 atom stereocenters. The SMILES string of the molecule is CCc1nc2c(C)cc(F)c(Br)c2c(NC)c1C. The second kappa shape index (κ2) is 4.84. The number of rotatable bonds is 2. The molecular formula is C14H16BrFN2. The summed E-state index contributed by atoms with van der Waals surface area (Å²) in [4.78, 5) is 4.67. The first-order chi connectivity index (χ1) is 8.51. The molecule has 4 heteroatoms. The topological polar surface area (TPSA) is 24.9 Å². The molecule has 0 spiro atoms. The van der Waals surface area contributed by atoms with Gasteiger partial charge in [0.15, 0.2) is 0 Å². The van der Waals surface area contributed by atoms with Gasteiger partial charge in [0.2, 0.25) is 0 Å². The van der Waals surface area contributed by atoms with E-state index in [-0.39, 0.29) is 5.82 Å². The summed E-state index contributed by atoms with van der Waals surface area (Å²) in [6, 6.07) is 1.52. The van der Waals surface area contributed by atoms with Crippen LogP contribution in [0.2, 0.25) is 0 Å². The van der Waals surface area contributed by atoms with Gasteiger partial charge in [0.25, 0.3) is 0 Å². The molecule has 0 radical (unpaired) electrons. The average Bonchev–Trinajstić information content (AvgIpc) is 2.35. The summed E-state index contributed by atoms with van der Waals surface area (Å²) in [7, 11) is 1.86. The van der Waals surface area contributed by atoms with Crippen LogP contribution in [0.3, 0.4) is 0 Å². The molecule has 1 aromatic carbocycles. The summed E-state index contributed by atoms with van der Waals surface area (Å²) in [5, 5.41) is 4.00. The van der Waals surface area contributed by atoms with Crippen LogP contribution in [0.1, 0.15) is 23.7 Å². The molecule has 0 saturated heterocycles. The number of aryl methyl sites for hydroxylation is 2. The zero-order valence-electron chi connectivity index (χ0n) is 11.0. The molecule has 0 fully saturated rings. The lowest BCUT2D eigenvalue weighted by Gasteiger charge is -2.16. The number of nitrogens with zero attached hydrogens (tertiary/aromatic N) is 1. The number of hydrogen-bond acceptors (Lipinski definition) is 2. The fraction of sp³-hybridized carbons (Fsp3) is 0.357. The van der Waals surface area contributed by atoms with Crippen LogP contribution in [0.25, 0.3) is 10.9 Å². The maximum Gasteiger partial charge on any atom is 0.138 e. The lowest BCUT2D eigenvalue weighted by atomic mass is 10.0. The Kier molecular flexibility index (Phi) is 3.57. The first-order valence-electron chi connectivity index (χ1n) is 5.96. The van der Waals surface area contributed by atoms with E-state index in [1.165, 1.54) is 6.07 Å². The number of aromatic nitrogens is 1. The van der Waals surface area contributed by atoms with E-state index in [2.05, 4.69) is 33.2 Å². The Morgan fingerprint density at radius 2 is 2.06 bits per heavy atom. The molecule has 1 heterocycles. The molecule has 96 valence electrons. The molecule has 0 amide bonds. The van der Waals surface area contributed by atoms with E-state index in [1.54, 1.807) is 0 Å². The van der Waals surface area contributed by atoms with Crippen LogP contribution in [0.15, 0.2) is 10.5 Å². The van der Waals surface area contributed by atoms with Crippen molar-refractivity contribution in [2.24, 2.45) is 0 Å². The molecule has 2 nitrogen and oxygen atoms in total. The van der Waals surface area contributed by atoms with Crippen LogP contribution in [-0.2, 0) is 6.42 Å². The number of benzene rings is 1. The summed E-state index contributed by atoms with van der Waals surface area (Å²) >= 11 is 3.33. The molecule has 0 aliphatic rings.